The van der Waals surface area contributed by atoms with Gasteiger partial charge >= 0.3 is 0 Å². The van der Waals surface area contributed by atoms with Gasteiger partial charge in [0.25, 0.3) is 5.91 Å². The number of rotatable bonds is 4. The van der Waals surface area contributed by atoms with Gasteiger partial charge in [0.15, 0.2) is 6.61 Å². The number of benzene rings is 2. The first-order valence-corrected chi connectivity index (χ1v) is 7.72. The Kier molecular flexibility index (Phi) is 4.48. The van der Waals surface area contributed by atoms with Crippen LogP contribution in [-0.2, 0) is 9.59 Å². The van der Waals surface area contributed by atoms with E-state index in [9.17, 15) is 9.59 Å². The van der Waals surface area contributed by atoms with Crippen LogP contribution in [0.1, 0.15) is 18.5 Å². The second kappa shape index (κ2) is 6.72. The van der Waals surface area contributed by atoms with Gasteiger partial charge in [-0.25, -0.2) is 0 Å². The fraction of sp³-hybridized carbons (Fsp3) is 0.222. The molecule has 6 nitrogen and oxygen atoms in total. The van der Waals surface area contributed by atoms with E-state index in [0.29, 0.717) is 17.1 Å². The lowest BCUT2D eigenvalue weighted by molar-refractivity contribution is -0.123. The molecule has 24 heavy (non-hydrogen) atoms. The lowest BCUT2D eigenvalue weighted by Gasteiger charge is -2.29. The van der Waals surface area contributed by atoms with Crippen LogP contribution in [0.3, 0.4) is 0 Å². The Morgan fingerprint density at radius 2 is 2.04 bits per heavy atom. The summed E-state index contributed by atoms with van der Waals surface area (Å²) in [5.74, 6) is 0.0487. The normalized spacial score (nSPS) is 14.6. The van der Waals surface area contributed by atoms with E-state index in [0.717, 1.165) is 5.56 Å². The molecule has 3 rings (SSSR count). The van der Waals surface area contributed by atoms with Crippen molar-refractivity contribution in [3.8, 4) is 5.75 Å². The second-order valence-corrected chi connectivity index (χ2v) is 5.70. The van der Waals surface area contributed by atoms with E-state index in [1.807, 2.05) is 31.2 Å². The van der Waals surface area contributed by atoms with E-state index in [4.69, 9.17) is 10.5 Å². The average Bonchev–Trinajstić information content (AvgIpc) is 2.58. The number of carbonyl (C=O) groups is 2. The Morgan fingerprint density at radius 3 is 2.75 bits per heavy atom. The van der Waals surface area contributed by atoms with Gasteiger partial charge in [-0.15, -0.1) is 0 Å². The Bertz CT molecular complexity index is 759. The van der Waals surface area contributed by atoms with Crippen LogP contribution in [0.15, 0.2) is 48.5 Å². The molecule has 1 aliphatic heterocycles. The van der Waals surface area contributed by atoms with Crippen molar-refractivity contribution in [3.63, 3.8) is 0 Å². The van der Waals surface area contributed by atoms with Gasteiger partial charge in [-0.2, -0.15) is 0 Å². The van der Waals surface area contributed by atoms with Crippen molar-refractivity contribution >= 4 is 23.2 Å². The topological polar surface area (TPSA) is 84.7 Å². The molecule has 1 unspecified atom stereocenters. The number of anilines is 2. The molecule has 2 aromatic carbocycles. The smallest absolute Gasteiger partial charge is 0.265 e. The third-order valence-electron chi connectivity index (χ3n) is 3.81. The zero-order valence-electron chi connectivity index (χ0n) is 13.4. The minimum absolute atomic E-state index is 0.0769. The number of hydrogen-bond donors (Lipinski definition) is 2. The maximum Gasteiger partial charge on any atom is 0.265 e. The van der Waals surface area contributed by atoms with Crippen LogP contribution >= 0.6 is 0 Å². The number of amides is 2. The fourth-order valence-corrected chi connectivity index (χ4v) is 2.54. The molecular formula is C18H19N3O3. The summed E-state index contributed by atoms with van der Waals surface area (Å²) in [7, 11) is 0. The number of hydrogen-bond acceptors (Lipinski definition) is 4. The molecule has 0 fully saturated rings. The van der Waals surface area contributed by atoms with Crippen molar-refractivity contribution in [1.29, 1.82) is 0 Å². The van der Waals surface area contributed by atoms with E-state index in [1.54, 1.807) is 24.3 Å². The van der Waals surface area contributed by atoms with Crippen LogP contribution in [-0.4, -0.2) is 25.0 Å². The average molecular weight is 325 g/mol. The Morgan fingerprint density at radius 1 is 1.29 bits per heavy atom. The maximum absolute atomic E-state index is 12.3. The quantitative estimate of drug-likeness (QED) is 0.901. The second-order valence-electron chi connectivity index (χ2n) is 5.70. The highest BCUT2D eigenvalue weighted by atomic mass is 16.5. The highest BCUT2D eigenvalue weighted by molar-refractivity contribution is 6.05. The van der Waals surface area contributed by atoms with E-state index in [1.165, 1.54) is 4.90 Å². The molecule has 0 saturated heterocycles. The number of fused-ring (bicyclic) bond motifs is 1. The molecule has 1 heterocycles. The largest absolute Gasteiger partial charge is 0.482 e. The predicted molar refractivity (Wildman–Crippen MR) is 92.0 cm³/mol. The highest BCUT2D eigenvalue weighted by Gasteiger charge is 2.27. The Labute approximate surface area is 140 Å². The van der Waals surface area contributed by atoms with Crippen molar-refractivity contribution in [2.75, 3.05) is 23.4 Å². The molecule has 0 spiro atoms. The summed E-state index contributed by atoms with van der Waals surface area (Å²) in [6.45, 7) is 1.70. The van der Waals surface area contributed by atoms with E-state index < -0.39 is 0 Å². The monoisotopic (exact) mass is 325 g/mol. The number of nitrogens with zero attached hydrogens (tertiary/aromatic N) is 1. The van der Waals surface area contributed by atoms with Gasteiger partial charge in [0, 0.05) is 11.7 Å². The van der Waals surface area contributed by atoms with Crippen LogP contribution in [0.2, 0.25) is 0 Å². The van der Waals surface area contributed by atoms with Crippen LogP contribution in [0.5, 0.6) is 5.75 Å². The van der Waals surface area contributed by atoms with Gasteiger partial charge in [0.2, 0.25) is 5.91 Å². The zero-order valence-corrected chi connectivity index (χ0v) is 13.4. The summed E-state index contributed by atoms with van der Waals surface area (Å²) in [6, 6.07) is 14.4. The molecule has 1 aliphatic rings. The lowest BCUT2D eigenvalue weighted by atomic mass is 10.1. The third-order valence-corrected chi connectivity index (χ3v) is 3.81. The molecular weight excluding hydrogens is 306 g/mol. The summed E-state index contributed by atoms with van der Waals surface area (Å²) in [5, 5.41) is 2.78. The Hall–Kier alpha value is -2.86. The van der Waals surface area contributed by atoms with Gasteiger partial charge in [0.1, 0.15) is 12.3 Å². The van der Waals surface area contributed by atoms with Gasteiger partial charge < -0.3 is 15.8 Å². The van der Waals surface area contributed by atoms with Crippen molar-refractivity contribution < 1.29 is 14.3 Å². The van der Waals surface area contributed by atoms with Crippen molar-refractivity contribution in [2.24, 2.45) is 5.73 Å². The third kappa shape index (κ3) is 3.38. The molecule has 1 atom stereocenters. The number of para-hydroxylation sites is 1. The maximum atomic E-state index is 12.3. The summed E-state index contributed by atoms with van der Waals surface area (Å²) >= 11 is 0. The first-order valence-electron chi connectivity index (χ1n) is 7.72. The first-order chi connectivity index (χ1) is 11.5. The van der Waals surface area contributed by atoms with Gasteiger partial charge in [-0.1, -0.05) is 24.3 Å². The van der Waals surface area contributed by atoms with Gasteiger partial charge in [0.05, 0.1) is 5.69 Å². The van der Waals surface area contributed by atoms with Crippen LogP contribution < -0.4 is 20.7 Å². The summed E-state index contributed by atoms with van der Waals surface area (Å²) in [6.07, 6.45) is 0. The van der Waals surface area contributed by atoms with E-state index in [2.05, 4.69) is 5.32 Å². The summed E-state index contributed by atoms with van der Waals surface area (Å²) in [4.78, 5) is 25.9. The molecule has 2 amide bonds. The standard InChI is InChI=1S/C18H19N3O3/c1-12(19)13-7-8-16-15(9-13)21(18(23)11-24-16)10-17(22)20-14-5-3-2-4-6-14/h2-9,12H,10-11,19H2,1H3,(H,20,22). The Balaban J connectivity index is 1.81. The SMILES string of the molecule is CC(N)c1ccc2c(c1)N(CC(=O)Nc1ccccc1)C(=O)CO2. The molecule has 0 aromatic heterocycles. The number of nitrogens with one attached hydrogen (secondary N) is 1. The highest BCUT2D eigenvalue weighted by Crippen LogP contribution is 2.34. The number of ether oxygens (including phenoxy) is 1. The lowest BCUT2D eigenvalue weighted by Crippen LogP contribution is -2.43. The number of carbonyl (C=O) groups excluding carboxylic acids is 2. The molecule has 6 heteroatoms. The van der Waals surface area contributed by atoms with Crippen molar-refractivity contribution in [2.45, 2.75) is 13.0 Å². The zero-order chi connectivity index (χ0) is 17.1. The van der Waals surface area contributed by atoms with Gasteiger partial charge in [-0.3, -0.25) is 14.5 Å². The molecule has 2 aromatic rings. The number of nitrogens with two attached hydrogens (primary N) is 1. The minimum atomic E-state index is -0.270. The predicted octanol–water partition coefficient (Wildman–Crippen LogP) is 2.07. The summed E-state index contributed by atoms with van der Waals surface area (Å²) in [5.41, 5.74) is 8.04. The molecule has 0 saturated carbocycles. The van der Waals surface area contributed by atoms with Crippen LogP contribution in [0.25, 0.3) is 0 Å². The van der Waals surface area contributed by atoms with E-state index >= 15 is 0 Å². The van der Waals surface area contributed by atoms with E-state index in [-0.39, 0.29) is 31.0 Å². The molecule has 124 valence electrons. The molecule has 0 aliphatic carbocycles. The van der Waals surface area contributed by atoms with Crippen molar-refractivity contribution in [1.82, 2.24) is 0 Å². The van der Waals surface area contributed by atoms with Gasteiger partial charge in [-0.05, 0) is 36.8 Å². The fourth-order valence-electron chi connectivity index (χ4n) is 2.54. The van der Waals surface area contributed by atoms with Crippen molar-refractivity contribution in [3.05, 3.63) is 54.1 Å². The van der Waals surface area contributed by atoms with Crippen LogP contribution in [0.4, 0.5) is 11.4 Å². The first kappa shape index (κ1) is 16.0. The van der Waals surface area contributed by atoms with Crippen LogP contribution in [0, 0.1) is 0 Å². The molecule has 0 radical (unpaired) electrons. The summed E-state index contributed by atoms with van der Waals surface area (Å²) < 4.78 is 5.44. The molecule has 3 N–H and O–H groups in total. The minimum Gasteiger partial charge on any atom is -0.482 e. The molecule has 0 bridgehead atoms.